The van der Waals surface area contributed by atoms with Gasteiger partial charge in [0.05, 0.1) is 4.88 Å². The van der Waals surface area contributed by atoms with Crippen molar-refractivity contribution in [3.63, 3.8) is 0 Å². The van der Waals surface area contributed by atoms with Gasteiger partial charge in [-0.25, -0.2) is 0 Å². The van der Waals surface area contributed by atoms with E-state index in [1.54, 1.807) is 24.3 Å². The Bertz CT molecular complexity index is 1060. The molecule has 0 spiro atoms. The molecular formula is C23H20O5S. The monoisotopic (exact) mass is 408 g/mol. The van der Waals surface area contributed by atoms with Crippen LogP contribution >= 0.6 is 11.3 Å². The summed E-state index contributed by atoms with van der Waals surface area (Å²) < 4.78 is 10.7. The van der Waals surface area contributed by atoms with Gasteiger partial charge >= 0.3 is 0 Å². The summed E-state index contributed by atoms with van der Waals surface area (Å²) in [6, 6.07) is 12.6. The highest BCUT2D eigenvalue weighted by Crippen LogP contribution is 2.43. The minimum Gasteiger partial charge on any atom is -0.508 e. The average Bonchev–Trinajstić information content (AvgIpc) is 3.39. The molecule has 0 unspecified atom stereocenters. The third kappa shape index (κ3) is 4.03. The van der Waals surface area contributed by atoms with Crippen LogP contribution in [0.4, 0.5) is 0 Å². The van der Waals surface area contributed by atoms with Gasteiger partial charge in [-0.1, -0.05) is 25.0 Å². The number of benzene rings is 2. The minimum absolute atomic E-state index is 0.0842. The minimum atomic E-state index is 0.0842. The fourth-order valence-corrected chi connectivity index (χ4v) is 5.07. The summed E-state index contributed by atoms with van der Waals surface area (Å²) in [4.78, 5) is 24.1. The number of phenols is 1. The Hall–Kier alpha value is -3.12. The van der Waals surface area contributed by atoms with Gasteiger partial charge in [-0.3, -0.25) is 9.59 Å². The molecule has 29 heavy (non-hydrogen) atoms. The normalized spacial score (nSPS) is 14.5. The van der Waals surface area contributed by atoms with Gasteiger partial charge in [-0.05, 0) is 48.7 Å². The van der Waals surface area contributed by atoms with Crippen LogP contribution in [-0.4, -0.2) is 17.4 Å². The Morgan fingerprint density at radius 3 is 2.55 bits per heavy atom. The number of aromatic hydroxyl groups is 1. The molecule has 0 amide bonds. The highest BCUT2D eigenvalue weighted by atomic mass is 32.1. The molecule has 6 heteroatoms. The Morgan fingerprint density at radius 1 is 1.07 bits per heavy atom. The van der Waals surface area contributed by atoms with Gasteiger partial charge in [-0.15, -0.1) is 11.3 Å². The van der Waals surface area contributed by atoms with E-state index >= 15 is 0 Å². The Labute approximate surface area is 172 Å². The Balaban J connectivity index is 1.72. The number of thiophene rings is 1. The molecule has 0 aliphatic heterocycles. The summed E-state index contributed by atoms with van der Waals surface area (Å²) in [5, 5.41) is 10.8. The zero-order chi connectivity index (χ0) is 20.2. The number of carbonyl (C=O) groups is 2. The lowest BCUT2D eigenvalue weighted by molar-refractivity contribution is -0.123. The van der Waals surface area contributed by atoms with Crippen molar-refractivity contribution < 1.29 is 24.2 Å². The van der Waals surface area contributed by atoms with E-state index in [-0.39, 0.29) is 17.5 Å². The van der Waals surface area contributed by atoms with Crippen LogP contribution in [0.2, 0.25) is 0 Å². The number of ether oxygens (including phenoxy) is 2. The topological polar surface area (TPSA) is 72.8 Å². The highest BCUT2D eigenvalue weighted by molar-refractivity contribution is 7.21. The molecule has 1 saturated carbocycles. The predicted molar refractivity (Wildman–Crippen MR) is 112 cm³/mol. The molecule has 0 saturated heterocycles. The largest absolute Gasteiger partial charge is 0.508 e. The first kappa shape index (κ1) is 19.2. The van der Waals surface area contributed by atoms with Crippen molar-refractivity contribution in [2.24, 2.45) is 5.92 Å². The summed E-state index contributed by atoms with van der Waals surface area (Å²) in [5.41, 5.74) is 1.83. The quantitative estimate of drug-likeness (QED) is 0.310. The number of hydrogen-bond donors (Lipinski definition) is 1. The van der Waals surface area contributed by atoms with Crippen LogP contribution in [0.25, 0.3) is 21.2 Å². The molecule has 0 bridgehead atoms. The van der Waals surface area contributed by atoms with Crippen LogP contribution in [0.5, 0.6) is 11.5 Å². The summed E-state index contributed by atoms with van der Waals surface area (Å²) in [5.74, 6) is 1.06. The van der Waals surface area contributed by atoms with Gasteiger partial charge in [0.1, 0.15) is 24.0 Å². The second kappa shape index (κ2) is 8.49. The number of hydrogen-bond acceptors (Lipinski definition) is 6. The molecule has 1 N–H and O–H groups in total. The van der Waals surface area contributed by atoms with Crippen molar-refractivity contribution in [3.05, 3.63) is 59.9 Å². The van der Waals surface area contributed by atoms with Crippen LogP contribution in [-0.2, 0) is 9.53 Å². The number of carbonyl (C=O) groups excluding carboxylic acids is 2. The van der Waals surface area contributed by atoms with E-state index in [0.29, 0.717) is 12.2 Å². The molecule has 1 aliphatic carbocycles. The van der Waals surface area contributed by atoms with Crippen LogP contribution in [0.1, 0.15) is 35.4 Å². The molecular weight excluding hydrogens is 388 g/mol. The van der Waals surface area contributed by atoms with Crippen molar-refractivity contribution in [2.75, 3.05) is 0 Å². The zero-order valence-corrected chi connectivity index (χ0v) is 16.5. The molecule has 1 aliphatic rings. The first-order valence-electron chi connectivity index (χ1n) is 9.48. The van der Waals surface area contributed by atoms with E-state index in [1.165, 1.54) is 17.6 Å². The van der Waals surface area contributed by atoms with E-state index < -0.39 is 0 Å². The maximum absolute atomic E-state index is 13.2. The summed E-state index contributed by atoms with van der Waals surface area (Å²) in [7, 11) is 0. The molecule has 0 atom stereocenters. The Morgan fingerprint density at radius 2 is 1.83 bits per heavy atom. The van der Waals surface area contributed by atoms with Crippen molar-refractivity contribution in [3.8, 4) is 22.6 Å². The second-order valence-corrected chi connectivity index (χ2v) is 8.03. The van der Waals surface area contributed by atoms with Crippen LogP contribution in [0.3, 0.4) is 0 Å². The lowest BCUT2D eigenvalue weighted by Gasteiger charge is -2.10. The number of fused-ring (bicyclic) bond motifs is 1. The van der Waals surface area contributed by atoms with Crippen molar-refractivity contribution in [1.29, 1.82) is 0 Å². The molecule has 2 aromatic carbocycles. The van der Waals surface area contributed by atoms with E-state index in [4.69, 9.17) is 4.74 Å². The first-order valence-corrected chi connectivity index (χ1v) is 10.3. The van der Waals surface area contributed by atoms with E-state index in [2.05, 4.69) is 4.74 Å². The summed E-state index contributed by atoms with van der Waals surface area (Å²) in [6.07, 6.45) is 6.52. The molecule has 0 radical (unpaired) electrons. The molecule has 1 heterocycles. The number of Topliss-reactive ketones (excluding diaryl/α,β-unsaturated/α-hetero) is 1. The summed E-state index contributed by atoms with van der Waals surface area (Å²) >= 11 is 1.45. The number of rotatable bonds is 7. The fourth-order valence-electron chi connectivity index (χ4n) is 3.79. The molecule has 4 rings (SSSR count). The van der Waals surface area contributed by atoms with E-state index in [9.17, 15) is 14.7 Å². The lowest BCUT2D eigenvalue weighted by atomic mass is 9.94. The van der Waals surface area contributed by atoms with Gasteiger partial charge in [0.15, 0.2) is 5.78 Å². The maximum Gasteiger partial charge on any atom is 0.298 e. The molecule has 1 fully saturated rings. The van der Waals surface area contributed by atoms with Crippen molar-refractivity contribution in [2.45, 2.75) is 25.7 Å². The van der Waals surface area contributed by atoms with Gasteiger partial charge in [0.25, 0.3) is 6.47 Å². The number of phenolic OH excluding ortho intramolecular Hbond substituents is 1. The van der Waals surface area contributed by atoms with Crippen LogP contribution in [0.15, 0.2) is 55.0 Å². The predicted octanol–water partition coefficient (Wildman–Crippen LogP) is 5.67. The zero-order valence-electron chi connectivity index (χ0n) is 15.7. The van der Waals surface area contributed by atoms with E-state index in [1.807, 2.05) is 18.2 Å². The van der Waals surface area contributed by atoms with Gasteiger partial charge < -0.3 is 14.6 Å². The van der Waals surface area contributed by atoms with Crippen molar-refractivity contribution in [1.82, 2.24) is 0 Å². The average molecular weight is 408 g/mol. The number of ketones is 1. The smallest absolute Gasteiger partial charge is 0.298 e. The molecule has 3 aromatic rings. The molecule has 148 valence electrons. The first-order chi connectivity index (χ1) is 14.2. The van der Waals surface area contributed by atoms with Crippen LogP contribution in [0, 0.1) is 5.92 Å². The van der Waals surface area contributed by atoms with Gasteiger partial charge in [-0.2, -0.15) is 0 Å². The van der Waals surface area contributed by atoms with Gasteiger partial charge in [0.2, 0.25) is 0 Å². The second-order valence-electron chi connectivity index (χ2n) is 6.98. The SMILES string of the molecule is O=CO/C=C/Oc1ccc(-c2c(C(=O)C3CCCC3)sc3cc(O)ccc23)cc1. The van der Waals surface area contributed by atoms with Gasteiger partial charge in [0, 0.05) is 21.6 Å². The Kier molecular flexibility index (Phi) is 5.62. The third-order valence-electron chi connectivity index (χ3n) is 5.16. The third-order valence-corrected chi connectivity index (χ3v) is 6.33. The highest BCUT2D eigenvalue weighted by Gasteiger charge is 2.28. The fraction of sp³-hybridized carbons (Fsp3) is 0.217. The maximum atomic E-state index is 13.2. The van der Waals surface area contributed by atoms with E-state index in [0.717, 1.165) is 58.0 Å². The van der Waals surface area contributed by atoms with Crippen LogP contribution < -0.4 is 4.74 Å². The van der Waals surface area contributed by atoms with Crippen molar-refractivity contribution >= 4 is 33.7 Å². The lowest BCUT2D eigenvalue weighted by Crippen LogP contribution is -2.10. The summed E-state index contributed by atoms with van der Waals surface area (Å²) in [6.45, 7) is 0.311. The molecule has 1 aromatic heterocycles. The molecule has 5 nitrogen and oxygen atoms in total. The standard InChI is InChI=1S/C23H20O5S/c24-14-27-11-12-28-18-8-5-15(6-9-18)21-19-10-7-17(25)13-20(19)29-23(21)22(26)16-3-1-2-4-16/h5-14,16,25H,1-4H2/b12-11+.